The van der Waals surface area contributed by atoms with E-state index in [0.717, 1.165) is 12.8 Å². The summed E-state index contributed by atoms with van der Waals surface area (Å²) in [6.07, 6.45) is 10.6. The van der Waals surface area contributed by atoms with Gasteiger partial charge in [0, 0.05) is 11.1 Å². The summed E-state index contributed by atoms with van der Waals surface area (Å²) in [6.45, 7) is 34.5. The van der Waals surface area contributed by atoms with Crippen molar-refractivity contribution in [3.63, 3.8) is 0 Å². The number of aryl methyl sites for hydroxylation is 4. The first-order valence-corrected chi connectivity index (χ1v) is 31.0. The van der Waals surface area contributed by atoms with Crippen molar-refractivity contribution in [2.24, 2.45) is 11.8 Å². The third kappa shape index (κ3) is 18.5. The molecule has 0 aliphatic heterocycles. The van der Waals surface area contributed by atoms with Gasteiger partial charge in [-0.25, -0.2) is 0 Å². The predicted molar refractivity (Wildman–Crippen MR) is 359 cm³/mol. The van der Waals surface area contributed by atoms with Crippen LogP contribution in [-0.2, 0) is 35.4 Å². The molecule has 10 rings (SSSR count). The highest BCUT2D eigenvalue weighted by Gasteiger charge is 2.38. The number of hydrogen-bond acceptors (Lipinski definition) is 4. The van der Waals surface area contributed by atoms with E-state index < -0.39 is 0 Å². The smallest absolute Gasteiger partial charge is 0.105 e. The summed E-state index contributed by atoms with van der Waals surface area (Å²) in [5.41, 5.74) is 16.1. The van der Waals surface area contributed by atoms with Gasteiger partial charge >= 0.3 is 0 Å². The van der Waals surface area contributed by atoms with Crippen LogP contribution in [0.15, 0.2) is 232 Å². The van der Waals surface area contributed by atoms with Gasteiger partial charge < -0.3 is 0 Å². The monoisotopic (exact) mass is 1120 g/mol. The van der Waals surface area contributed by atoms with E-state index in [4.69, 9.17) is 9.68 Å². The fraction of sp³-hybridized carbons (Fsp3) is 0.350. The minimum absolute atomic E-state index is 0.00962. The van der Waals surface area contributed by atoms with Gasteiger partial charge in [-0.3, -0.25) is 9.68 Å². The van der Waals surface area contributed by atoms with Gasteiger partial charge in [-0.2, -0.15) is 10.1 Å². The first kappa shape index (κ1) is 64.6. The Hall–Kier alpha value is -6.92. The van der Waals surface area contributed by atoms with Crippen LogP contribution < -0.4 is 0 Å². The van der Waals surface area contributed by atoms with E-state index in [0.29, 0.717) is 23.7 Å². The van der Waals surface area contributed by atoms with Crippen molar-refractivity contribution >= 4 is 12.2 Å². The van der Waals surface area contributed by atoms with Crippen molar-refractivity contribution in [3.05, 3.63) is 298 Å². The summed E-state index contributed by atoms with van der Waals surface area (Å²) in [5, 5.41) is 4.49. The standard InChI is InChI=1S/C40H49NO.C22H31NO.C10H10.C8H8/c1-29(2)39(34-20-14-9-15-21-34)41(40(4,5)6)42-38(33-18-12-8-13-19-33)28-37(26-30(3)31-16-10-7-11-17-31)36-25-23-32-22-24-35(32)27-36;1-17(2)21(20-15-11-8-12-16-20)23(22(4,5)6)24-18(3)19-13-9-7-10-14-19;1-2-8-3-4-9-5-6-10(9)7-8;1-2-8-6-4-3-5-7-8/h7-21,23,25,27,29-30,37-39H,22,24,26,28H2,1-6H3;7-18,21H,1-6H3;2-4,7H,1,5-6H2;2-7H,1H2. The van der Waals surface area contributed by atoms with Crippen LogP contribution in [0.5, 0.6) is 0 Å². The molecular weight excluding hydrogens is 1020 g/mol. The predicted octanol–water partition coefficient (Wildman–Crippen LogP) is 21.6. The summed E-state index contributed by atoms with van der Waals surface area (Å²) in [6, 6.07) is 78.0. The van der Waals surface area contributed by atoms with E-state index in [-0.39, 0.29) is 35.4 Å². The first-order chi connectivity index (χ1) is 40.3. The number of benzene rings is 8. The van der Waals surface area contributed by atoms with Crippen LogP contribution in [0.4, 0.5) is 0 Å². The molecule has 8 aromatic rings. The molecule has 0 radical (unpaired) electrons. The van der Waals surface area contributed by atoms with Gasteiger partial charge in [0.05, 0.1) is 12.1 Å². The van der Waals surface area contributed by atoms with Crippen LogP contribution in [0.3, 0.4) is 0 Å². The number of hydrogen-bond donors (Lipinski definition) is 0. The highest BCUT2D eigenvalue weighted by molar-refractivity contribution is 5.52. The third-order valence-electron chi connectivity index (χ3n) is 16.4. The van der Waals surface area contributed by atoms with Crippen molar-refractivity contribution in [2.75, 3.05) is 0 Å². The summed E-state index contributed by atoms with van der Waals surface area (Å²) in [4.78, 5) is 13.8. The Morgan fingerprint density at radius 1 is 0.381 bits per heavy atom. The van der Waals surface area contributed by atoms with Crippen LogP contribution in [0.2, 0.25) is 0 Å². The van der Waals surface area contributed by atoms with Crippen molar-refractivity contribution < 1.29 is 9.68 Å². The van der Waals surface area contributed by atoms with Crippen molar-refractivity contribution in [1.29, 1.82) is 0 Å². The highest BCUT2D eigenvalue weighted by Crippen LogP contribution is 2.44. The molecule has 2 aliphatic carbocycles. The number of hydroxylamine groups is 4. The normalized spacial score (nSPS) is 14.7. The fourth-order valence-electron chi connectivity index (χ4n) is 11.5. The van der Waals surface area contributed by atoms with Crippen LogP contribution in [0.25, 0.3) is 12.2 Å². The van der Waals surface area contributed by atoms with Crippen molar-refractivity contribution in [3.8, 4) is 0 Å². The van der Waals surface area contributed by atoms with E-state index in [1.54, 1.807) is 0 Å². The molecule has 0 fully saturated rings. The molecule has 0 saturated carbocycles. The average molecular weight is 1120 g/mol. The molecule has 440 valence electrons. The number of fused-ring (bicyclic) bond motifs is 2. The van der Waals surface area contributed by atoms with E-state index in [9.17, 15) is 0 Å². The molecule has 6 atom stereocenters. The topological polar surface area (TPSA) is 24.9 Å². The molecular formula is C80H98N2O2. The second-order valence-corrected chi connectivity index (χ2v) is 25.7. The Balaban J connectivity index is 0.000000199. The molecule has 2 aliphatic rings. The Morgan fingerprint density at radius 3 is 1.14 bits per heavy atom. The maximum atomic E-state index is 7.32. The largest absolute Gasteiger partial charge is 0.290 e. The quantitative estimate of drug-likeness (QED) is 0.0710. The number of rotatable bonds is 20. The molecule has 4 nitrogen and oxygen atoms in total. The minimum atomic E-state index is -0.194. The lowest BCUT2D eigenvalue weighted by Gasteiger charge is -2.45. The van der Waals surface area contributed by atoms with Gasteiger partial charge in [-0.1, -0.05) is 278 Å². The van der Waals surface area contributed by atoms with Crippen LogP contribution >= 0.6 is 0 Å². The Labute approximate surface area is 508 Å². The van der Waals surface area contributed by atoms with Crippen LogP contribution in [0, 0.1) is 11.8 Å². The minimum Gasteiger partial charge on any atom is -0.290 e. The molecule has 0 N–H and O–H groups in total. The summed E-state index contributed by atoms with van der Waals surface area (Å²) >= 11 is 0. The number of nitrogens with zero attached hydrogens (tertiary/aromatic N) is 2. The Bertz CT molecular complexity index is 3180. The van der Waals surface area contributed by atoms with Gasteiger partial charge in [-0.15, -0.1) is 0 Å². The Morgan fingerprint density at radius 2 is 0.762 bits per heavy atom. The molecule has 0 saturated heterocycles. The van der Waals surface area contributed by atoms with E-state index in [1.807, 2.05) is 48.6 Å². The Kier molecular flexibility index (Phi) is 24.1. The van der Waals surface area contributed by atoms with Crippen LogP contribution in [-0.4, -0.2) is 21.2 Å². The lowest BCUT2D eigenvalue weighted by molar-refractivity contribution is -0.278. The summed E-state index contributed by atoms with van der Waals surface area (Å²) in [5.74, 6) is 1.64. The third-order valence-corrected chi connectivity index (χ3v) is 16.4. The van der Waals surface area contributed by atoms with E-state index >= 15 is 0 Å². The fourth-order valence-corrected chi connectivity index (χ4v) is 11.5. The maximum Gasteiger partial charge on any atom is 0.105 e. The second-order valence-electron chi connectivity index (χ2n) is 25.7. The van der Waals surface area contributed by atoms with Crippen molar-refractivity contribution in [1.82, 2.24) is 10.1 Å². The lowest BCUT2D eigenvalue weighted by Crippen LogP contribution is -2.46. The lowest BCUT2D eigenvalue weighted by atomic mass is 9.79. The molecule has 0 heterocycles. The van der Waals surface area contributed by atoms with Crippen LogP contribution in [0.1, 0.15) is 199 Å². The molecule has 0 amide bonds. The zero-order chi connectivity index (χ0) is 60.2. The first-order valence-electron chi connectivity index (χ1n) is 31.0. The molecule has 0 spiro atoms. The van der Waals surface area contributed by atoms with E-state index in [1.165, 1.54) is 92.4 Å². The van der Waals surface area contributed by atoms with E-state index in [2.05, 4.69) is 288 Å². The van der Waals surface area contributed by atoms with Gasteiger partial charge in [0.2, 0.25) is 0 Å². The molecule has 8 aromatic carbocycles. The average Bonchev–Trinajstić information content (AvgIpc) is 2.88. The molecule has 0 bridgehead atoms. The molecule has 6 unspecified atom stereocenters. The van der Waals surface area contributed by atoms with Gasteiger partial charge in [0.25, 0.3) is 0 Å². The second kappa shape index (κ2) is 31.3. The highest BCUT2D eigenvalue weighted by atomic mass is 16.7. The van der Waals surface area contributed by atoms with Gasteiger partial charge in [0.15, 0.2) is 0 Å². The maximum absolute atomic E-state index is 7.32. The molecule has 4 heteroatoms. The van der Waals surface area contributed by atoms with Crippen molar-refractivity contribution in [2.45, 2.75) is 169 Å². The molecule has 84 heavy (non-hydrogen) atoms. The summed E-state index contributed by atoms with van der Waals surface area (Å²) in [7, 11) is 0. The SMILES string of the molecule is C=Cc1ccc2c(c1)CC2.C=Cc1ccccc1.CC(CC(CC(ON(C(c1ccccc1)C(C)C)C(C)(C)C)c1ccccc1)c1ccc2c(c1)CC2)c1ccccc1.CC(ON(C(c1ccccc1)C(C)C)C(C)(C)C)c1ccccc1. The molecule has 0 aromatic heterocycles. The zero-order valence-electron chi connectivity index (χ0n) is 52.9. The van der Waals surface area contributed by atoms with Gasteiger partial charge in [0.1, 0.15) is 12.2 Å². The zero-order valence-corrected chi connectivity index (χ0v) is 52.9. The summed E-state index contributed by atoms with van der Waals surface area (Å²) < 4.78 is 0. The van der Waals surface area contributed by atoms with Gasteiger partial charge in [-0.05, 0) is 177 Å².